The van der Waals surface area contributed by atoms with Gasteiger partial charge in [-0.15, -0.1) is 0 Å². The molecule has 8 nitrogen and oxygen atoms in total. The Bertz CT molecular complexity index is 1380. The van der Waals surface area contributed by atoms with E-state index in [9.17, 15) is 13.2 Å². The number of nitrogens with one attached hydrogen (secondary N) is 1. The van der Waals surface area contributed by atoms with Crippen molar-refractivity contribution in [2.75, 3.05) is 25.1 Å². The number of fused-ring (bicyclic) bond motifs is 2. The van der Waals surface area contributed by atoms with Gasteiger partial charge in [0.15, 0.2) is 11.5 Å². The Morgan fingerprint density at radius 2 is 1.76 bits per heavy atom. The van der Waals surface area contributed by atoms with Gasteiger partial charge in [-0.3, -0.25) is 4.79 Å². The molecule has 0 aliphatic carbocycles. The molecule has 0 spiro atoms. The maximum absolute atomic E-state index is 13.2. The standard InChI is InChI=1S/C23H18ClN3O5S/c24-16-6-9-21-18(12-16)23(15-4-2-1-3-5-15)26-27(33(21,29)30)14-22(28)25-17-7-8-19-20(13-17)32-11-10-31-19/h1-9,12-13H,10-11,14H2,(H,25,28). The van der Waals surface area contributed by atoms with Crippen LogP contribution in [0.25, 0.3) is 0 Å². The molecule has 5 rings (SSSR count). The fraction of sp³-hybridized carbons (Fsp3) is 0.130. The molecule has 33 heavy (non-hydrogen) atoms. The molecule has 2 aliphatic rings. The Morgan fingerprint density at radius 1 is 1.00 bits per heavy atom. The summed E-state index contributed by atoms with van der Waals surface area (Å²) < 4.78 is 38.3. The Morgan fingerprint density at radius 3 is 2.55 bits per heavy atom. The molecule has 0 radical (unpaired) electrons. The highest BCUT2D eigenvalue weighted by atomic mass is 35.5. The fourth-order valence-electron chi connectivity index (χ4n) is 3.62. The van der Waals surface area contributed by atoms with Crippen molar-refractivity contribution in [1.29, 1.82) is 0 Å². The van der Waals surface area contributed by atoms with E-state index in [-0.39, 0.29) is 4.90 Å². The number of halogens is 1. The van der Waals surface area contributed by atoms with E-state index in [0.29, 0.717) is 52.3 Å². The van der Waals surface area contributed by atoms with Crippen LogP contribution in [0.3, 0.4) is 0 Å². The van der Waals surface area contributed by atoms with Crippen molar-refractivity contribution in [2.45, 2.75) is 4.90 Å². The third-order valence-corrected chi connectivity index (χ3v) is 7.03. The summed E-state index contributed by atoms with van der Waals surface area (Å²) >= 11 is 6.14. The van der Waals surface area contributed by atoms with Crippen LogP contribution < -0.4 is 14.8 Å². The summed E-state index contributed by atoms with van der Waals surface area (Å²) in [6, 6.07) is 18.6. The quantitative estimate of drug-likeness (QED) is 0.612. The first-order valence-electron chi connectivity index (χ1n) is 10.1. The van der Waals surface area contributed by atoms with Gasteiger partial charge in [-0.25, -0.2) is 0 Å². The van der Waals surface area contributed by atoms with E-state index < -0.39 is 22.5 Å². The third kappa shape index (κ3) is 4.12. The maximum atomic E-state index is 13.2. The zero-order valence-corrected chi connectivity index (χ0v) is 18.8. The zero-order valence-electron chi connectivity index (χ0n) is 17.2. The lowest BCUT2D eigenvalue weighted by molar-refractivity contribution is -0.116. The molecule has 168 valence electrons. The van der Waals surface area contributed by atoms with Crippen LogP contribution in [0.5, 0.6) is 11.5 Å². The third-order valence-electron chi connectivity index (χ3n) is 5.12. The number of amides is 1. The smallest absolute Gasteiger partial charge is 0.280 e. The molecule has 2 heterocycles. The fourth-order valence-corrected chi connectivity index (χ4v) is 5.17. The Kier molecular flexibility index (Phi) is 5.43. The second-order valence-corrected chi connectivity index (χ2v) is 9.59. The number of benzene rings is 3. The Balaban J connectivity index is 1.46. The van der Waals surface area contributed by atoms with E-state index in [1.807, 2.05) is 30.3 Å². The van der Waals surface area contributed by atoms with Crippen molar-refractivity contribution in [1.82, 2.24) is 4.41 Å². The van der Waals surface area contributed by atoms with Gasteiger partial charge in [0.1, 0.15) is 25.5 Å². The number of ether oxygens (including phenoxy) is 2. The van der Waals surface area contributed by atoms with Crippen LogP contribution in [0.2, 0.25) is 5.02 Å². The molecule has 0 saturated heterocycles. The summed E-state index contributed by atoms with van der Waals surface area (Å²) in [5.41, 5.74) is 1.96. The molecule has 0 aromatic heterocycles. The van der Waals surface area contributed by atoms with E-state index >= 15 is 0 Å². The van der Waals surface area contributed by atoms with E-state index in [4.69, 9.17) is 21.1 Å². The van der Waals surface area contributed by atoms with Gasteiger partial charge in [-0.2, -0.15) is 17.9 Å². The molecular weight excluding hydrogens is 466 g/mol. The number of hydrogen-bond donors (Lipinski definition) is 1. The van der Waals surface area contributed by atoms with Gasteiger partial charge in [-0.1, -0.05) is 41.9 Å². The van der Waals surface area contributed by atoms with Crippen LogP contribution >= 0.6 is 11.6 Å². The summed E-state index contributed by atoms with van der Waals surface area (Å²) in [5.74, 6) is 0.550. The first-order chi connectivity index (χ1) is 15.9. The zero-order chi connectivity index (χ0) is 23.0. The van der Waals surface area contributed by atoms with Crippen molar-refractivity contribution in [3.05, 3.63) is 82.9 Å². The Hall–Kier alpha value is -3.56. The van der Waals surface area contributed by atoms with Crippen LogP contribution in [0.1, 0.15) is 11.1 Å². The number of rotatable bonds is 4. The van der Waals surface area contributed by atoms with Gasteiger partial charge in [0, 0.05) is 27.9 Å². The number of carbonyl (C=O) groups is 1. The van der Waals surface area contributed by atoms with E-state index in [1.54, 1.807) is 24.3 Å². The molecule has 0 bridgehead atoms. The highest BCUT2D eigenvalue weighted by molar-refractivity contribution is 7.89. The monoisotopic (exact) mass is 483 g/mol. The number of carbonyl (C=O) groups excluding carboxylic acids is 1. The molecule has 2 aliphatic heterocycles. The van der Waals surface area contributed by atoms with Crippen molar-refractivity contribution in [2.24, 2.45) is 5.10 Å². The lowest BCUT2D eigenvalue weighted by Crippen LogP contribution is -2.38. The van der Waals surface area contributed by atoms with E-state index in [1.165, 1.54) is 12.1 Å². The molecule has 3 aromatic carbocycles. The van der Waals surface area contributed by atoms with E-state index in [2.05, 4.69) is 10.4 Å². The summed E-state index contributed by atoms with van der Waals surface area (Å²) in [5, 5.41) is 7.42. The highest BCUT2D eigenvalue weighted by Crippen LogP contribution is 2.33. The van der Waals surface area contributed by atoms with Gasteiger partial charge in [0.2, 0.25) is 5.91 Å². The molecule has 3 aromatic rings. The number of nitrogens with zero attached hydrogens (tertiary/aromatic N) is 2. The van der Waals surface area contributed by atoms with Crippen molar-refractivity contribution < 1.29 is 22.7 Å². The van der Waals surface area contributed by atoms with Gasteiger partial charge in [0.25, 0.3) is 10.0 Å². The minimum atomic E-state index is -4.06. The highest BCUT2D eigenvalue weighted by Gasteiger charge is 2.34. The average Bonchev–Trinajstić information content (AvgIpc) is 2.81. The van der Waals surface area contributed by atoms with Crippen LogP contribution in [0.15, 0.2) is 76.7 Å². The van der Waals surface area contributed by atoms with Crippen LogP contribution in [0.4, 0.5) is 5.69 Å². The van der Waals surface area contributed by atoms with Gasteiger partial charge >= 0.3 is 0 Å². The van der Waals surface area contributed by atoms with Crippen LogP contribution in [0, 0.1) is 0 Å². The summed E-state index contributed by atoms with van der Waals surface area (Å²) in [6.07, 6.45) is 0. The summed E-state index contributed by atoms with van der Waals surface area (Å²) in [4.78, 5) is 12.8. The SMILES string of the molecule is O=C(CN1N=C(c2ccccc2)c2cc(Cl)ccc2S1(=O)=O)Nc1ccc2c(c1)OCCO2. The molecule has 0 saturated carbocycles. The predicted octanol–water partition coefficient (Wildman–Crippen LogP) is 3.51. The molecule has 0 atom stereocenters. The first-order valence-corrected chi connectivity index (χ1v) is 11.9. The topological polar surface area (TPSA) is 97.3 Å². The average molecular weight is 484 g/mol. The van der Waals surface area contributed by atoms with Crippen molar-refractivity contribution in [3.63, 3.8) is 0 Å². The van der Waals surface area contributed by atoms with Crippen molar-refractivity contribution in [3.8, 4) is 11.5 Å². The minimum absolute atomic E-state index is 0.0351. The lowest BCUT2D eigenvalue weighted by Gasteiger charge is -2.27. The first kappa shape index (κ1) is 21.3. The maximum Gasteiger partial charge on any atom is 0.280 e. The molecule has 0 fully saturated rings. The Labute approximate surface area is 195 Å². The number of sulfonamides is 1. The summed E-state index contributed by atoms with van der Waals surface area (Å²) in [6.45, 7) is 0.367. The second kappa shape index (κ2) is 8.42. The second-order valence-electron chi connectivity index (χ2n) is 7.35. The normalized spacial score (nSPS) is 15.9. The van der Waals surface area contributed by atoms with Crippen LogP contribution in [-0.4, -0.2) is 44.2 Å². The molecule has 1 N–H and O–H groups in total. The summed E-state index contributed by atoms with van der Waals surface area (Å²) in [7, 11) is -4.06. The van der Waals surface area contributed by atoms with E-state index in [0.717, 1.165) is 4.41 Å². The van der Waals surface area contributed by atoms with Crippen LogP contribution in [-0.2, 0) is 14.8 Å². The number of hydrazone groups is 1. The molecule has 1 amide bonds. The molecule has 0 unspecified atom stereocenters. The minimum Gasteiger partial charge on any atom is -0.486 e. The molecule has 10 heteroatoms. The number of hydrogen-bond acceptors (Lipinski definition) is 6. The predicted molar refractivity (Wildman–Crippen MR) is 123 cm³/mol. The van der Waals surface area contributed by atoms with Gasteiger partial charge in [0.05, 0.1) is 4.90 Å². The molecular formula is C23H18ClN3O5S. The lowest BCUT2D eigenvalue weighted by atomic mass is 10.0. The largest absolute Gasteiger partial charge is 0.486 e. The number of anilines is 1. The van der Waals surface area contributed by atoms with Gasteiger partial charge < -0.3 is 14.8 Å². The van der Waals surface area contributed by atoms with Crippen molar-refractivity contribution >= 4 is 38.9 Å². The van der Waals surface area contributed by atoms with Gasteiger partial charge in [-0.05, 0) is 30.3 Å².